The molecule has 0 N–H and O–H groups in total. The number of hydrogen-bond donors (Lipinski definition) is 0. The van der Waals surface area contributed by atoms with Crippen LogP contribution in [-0.4, -0.2) is 44.8 Å². The van der Waals surface area contributed by atoms with Gasteiger partial charge in [0, 0.05) is 26.2 Å². The first-order valence-electron chi connectivity index (χ1n) is 13.6. The van der Waals surface area contributed by atoms with Crippen LogP contribution in [-0.2, 0) is 14.3 Å². The molecule has 212 valence electrons. The highest BCUT2D eigenvalue weighted by atomic mass is 79.9. The lowest BCUT2D eigenvalue weighted by atomic mass is 9.81. The Morgan fingerprint density at radius 3 is 2.17 bits per heavy atom. The lowest BCUT2D eigenvalue weighted by Gasteiger charge is -2.29. The van der Waals surface area contributed by atoms with E-state index in [1.165, 1.54) is 4.90 Å². The second-order valence-corrected chi connectivity index (χ2v) is 13.1. The molecule has 4 unspecified atom stereocenters. The van der Waals surface area contributed by atoms with Crippen molar-refractivity contribution >= 4 is 72.0 Å². The van der Waals surface area contributed by atoms with E-state index in [2.05, 4.69) is 31.9 Å². The highest BCUT2D eigenvalue weighted by Gasteiger charge is 2.52. The van der Waals surface area contributed by atoms with Crippen molar-refractivity contribution < 1.29 is 23.9 Å². The Morgan fingerprint density at radius 2 is 1.52 bits per heavy atom. The minimum atomic E-state index is -0.624. The van der Waals surface area contributed by atoms with E-state index >= 15 is 0 Å². The zero-order valence-corrected chi connectivity index (χ0v) is 25.8. The Kier molecular flexibility index (Phi) is 7.81. The number of Topliss-reactive ketones (excluding diaryl/α,β-unsaturated/α-hetero) is 1. The van der Waals surface area contributed by atoms with Gasteiger partial charge in [-0.15, -0.1) is 0 Å². The number of esters is 1. The second kappa shape index (κ2) is 11.5. The molecule has 0 radical (unpaired) electrons. The number of halogens is 2. The average molecular weight is 690 g/mol. The maximum Gasteiger partial charge on any atom is 0.339 e. The van der Waals surface area contributed by atoms with Crippen molar-refractivity contribution in [2.75, 3.05) is 11.5 Å². The molecule has 6 rings (SSSR count). The quantitative estimate of drug-likeness (QED) is 0.0971. The number of aromatic nitrogens is 1. The minimum Gasteiger partial charge on any atom is -0.454 e. The summed E-state index contributed by atoms with van der Waals surface area (Å²) in [4.78, 5) is 58.6. The molecule has 1 saturated heterocycles. The zero-order valence-electron chi connectivity index (χ0n) is 22.6. The normalized spacial score (nSPS) is 21.8. The number of rotatable bonds is 6. The summed E-state index contributed by atoms with van der Waals surface area (Å²) in [5.74, 6) is -1.92. The standard InChI is InChI=1S/C33H26Br2N2O5/c1-18-7-12-28-22(13-18)25(33(41)42-17-30(38)20-5-3-2-4-6-20)16-29(36-28)19-8-10-21(11-9-19)37-31(39)23-14-26(34)27(35)15-24(23)32(37)40/h2-13,16,23-24,26-27H,14-15,17H2,1H3. The first-order chi connectivity index (χ1) is 20.2. The molecule has 1 aliphatic carbocycles. The van der Waals surface area contributed by atoms with Gasteiger partial charge in [-0.1, -0.05) is 86.0 Å². The van der Waals surface area contributed by atoms with Gasteiger partial charge in [0.1, 0.15) is 0 Å². The largest absolute Gasteiger partial charge is 0.454 e. The van der Waals surface area contributed by atoms with Gasteiger partial charge in [-0.3, -0.25) is 19.3 Å². The van der Waals surface area contributed by atoms with E-state index in [1.54, 1.807) is 54.6 Å². The fourth-order valence-corrected chi connectivity index (χ4v) is 6.94. The van der Waals surface area contributed by atoms with Crippen LogP contribution in [0.4, 0.5) is 5.69 Å². The lowest BCUT2D eigenvalue weighted by molar-refractivity contribution is -0.122. The number of benzene rings is 3. The van der Waals surface area contributed by atoms with Gasteiger partial charge >= 0.3 is 5.97 Å². The third-order valence-electron chi connectivity index (χ3n) is 7.95. The summed E-state index contributed by atoms with van der Waals surface area (Å²) in [6, 6.07) is 23.0. The summed E-state index contributed by atoms with van der Waals surface area (Å²) >= 11 is 7.26. The molecule has 9 heteroatoms. The van der Waals surface area contributed by atoms with Crippen molar-refractivity contribution in [2.45, 2.75) is 29.4 Å². The van der Waals surface area contributed by atoms with Crippen LogP contribution in [0.1, 0.15) is 39.1 Å². The lowest BCUT2D eigenvalue weighted by Crippen LogP contribution is -2.34. The summed E-state index contributed by atoms with van der Waals surface area (Å²) in [5.41, 5.74) is 4.06. The van der Waals surface area contributed by atoms with Crippen molar-refractivity contribution in [1.29, 1.82) is 0 Å². The second-order valence-electron chi connectivity index (χ2n) is 10.7. The number of alkyl halides is 2. The number of pyridine rings is 1. The summed E-state index contributed by atoms with van der Waals surface area (Å²) in [6.45, 7) is 1.54. The molecule has 2 fully saturated rings. The van der Waals surface area contributed by atoms with Crippen LogP contribution in [0.15, 0.2) is 78.9 Å². The molecule has 4 aromatic rings. The molecule has 1 saturated carbocycles. The van der Waals surface area contributed by atoms with E-state index in [4.69, 9.17) is 9.72 Å². The Morgan fingerprint density at radius 1 is 0.881 bits per heavy atom. The van der Waals surface area contributed by atoms with E-state index in [1.807, 2.05) is 31.2 Å². The van der Waals surface area contributed by atoms with Crippen molar-refractivity contribution in [3.05, 3.63) is 95.6 Å². The summed E-state index contributed by atoms with van der Waals surface area (Å²) in [5, 5.41) is 0.624. The maximum atomic E-state index is 13.3. The minimum absolute atomic E-state index is 0.137. The Hall–Kier alpha value is -3.69. The predicted molar refractivity (Wildman–Crippen MR) is 167 cm³/mol. The number of hydrogen-bond acceptors (Lipinski definition) is 6. The van der Waals surface area contributed by atoms with Crippen molar-refractivity contribution in [3.8, 4) is 11.3 Å². The average Bonchev–Trinajstić information content (AvgIpc) is 3.24. The highest BCUT2D eigenvalue weighted by molar-refractivity contribution is 9.12. The number of carbonyl (C=O) groups excluding carboxylic acids is 4. The molecule has 0 spiro atoms. The van der Waals surface area contributed by atoms with Crippen LogP contribution in [0.2, 0.25) is 0 Å². The van der Waals surface area contributed by atoms with Gasteiger partial charge in [0.25, 0.3) is 0 Å². The molecule has 4 atom stereocenters. The van der Waals surface area contributed by atoms with Crippen LogP contribution in [0.5, 0.6) is 0 Å². The number of amides is 2. The van der Waals surface area contributed by atoms with E-state index in [0.29, 0.717) is 51.8 Å². The van der Waals surface area contributed by atoms with E-state index in [-0.39, 0.29) is 45.7 Å². The third-order valence-corrected chi connectivity index (χ3v) is 10.7. The SMILES string of the molecule is Cc1ccc2nc(-c3ccc(N4C(=O)C5CC(Br)C(Br)CC5C4=O)cc3)cc(C(=O)OCC(=O)c3ccccc3)c2c1. The number of ketones is 1. The van der Waals surface area contributed by atoms with Crippen LogP contribution in [0, 0.1) is 18.8 Å². The monoisotopic (exact) mass is 688 g/mol. The molecule has 3 aromatic carbocycles. The van der Waals surface area contributed by atoms with Crippen molar-refractivity contribution in [1.82, 2.24) is 4.98 Å². The highest BCUT2D eigenvalue weighted by Crippen LogP contribution is 2.44. The molecule has 1 aliphatic heterocycles. The van der Waals surface area contributed by atoms with Gasteiger partial charge in [0.15, 0.2) is 12.4 Å². The van der Waals surface area contributed by atoms with Gasteiger partial charge in [-0.2, -0.15) is 0 Å². The number of fused-ring (bicyclic) bond motifs is 2. The van der Waals surface area contributed by atoms with Crippen LogP contribution in [0.3, 0.4) is 0 Å². The topological polar surface area (TPSA) is 93.6 Å². The van der Waals surface area contributed by atoms with E-state index in [9.17, 15) is 19.2 Å². The Balaban J connectivity index is 1.28. The van der Waals surface area contributed by atoms with Crippen molar-refractivity contribution in [2.24, 2.45) is 11.8 Å². The van der Waals surface area contributed by atoms with Crippen LogP contribution >= 0.6 is 31.9 Å². The zero-order chi connectivity index (χ0) is 29.5. The van der Waals surface area contributed by atoms with Crippen molar-refractivity contribution in [3.63, 3.8) is 0 Å². The predicted octanol–water partition coefficient (Wildman–Crippen LogP) is 6.68. The number of anilines is 1. The summed E-state index contributed by atoms with van der Waals surface area (Å²) < 4.78 is 5.45. The molecule has 1 aromatic heterocycles. The number of imide groups is 1. The molecule has 2 aliphatic rings. The van der Waals surface area contributed by atoms with Gasteiger partial charge in [0.05, 0.1) is 34.3 Å². The molecule has 2 amide bonds. The molecular weight excluding hydrogens is 664 g/mol. The number of nitrogens with zero attached hydrogens (tertiary/aromatic N) is 2. The fraction of sp³-hybridized carbons (Fsp3) is 0.242. The smallest absolute Gasteiger partial charge is 0.339 e. The van der Waals surface area contributed by atoms with Crippen LogP contribution in [0.25, 0.3) is 22.2 Å². The molecule has 7 nitrogen and oxygen atoms in total. The maximum absolute atomic E-state index is 13.3. The van der Waals surface area contributed by atoms with E-state index < -0.39 is 5.97 Å². The summed E-state index contributed by atoms with van der Waals surface area (Å²) in [6.07, 6.45) is 1.21. The first kappa shape index (κ1) is 28.4. The van der Waals surface area contributed by atoms with Gasteiger partial charge in [-0.25, -0.2) is 9.78 Å². The molecule has 2 heterocycles. The molecule has 0 bridgehead atoms. The van der Waals surface area contributed by atoms with Gasteiger partial charge in [0.2, 0.25) is 11.8 Å². The summed E-state index contributed by atoms with van der Waals surface area (Å²) in [7, 11) is 0. The fourth-order valence-electron chi connectivity index (χ4n) is 5.70. The molecule has 42 heavy (non-hydrogen) atoms. The number of carbonyl (C=O) groups is 4. The Bertz CT molecular complexity index is 1700. The first-order valence-corrected chi connectivity index (χ1v) is 15.5. The van der Waals surface area contributed by atoms with Gasteiger partial charge in [-0.05, 0) is 50.1 Å². The Labute approximate surface area is 259 Å². The number of ether oxygens (including phenoxy) is 1. The van der Waals surface area contributed by atoms with Crippen LogP contribution < -0.4 is 4.90 Å². The molecular formula is C33H26Br2N2O5. The van der Waals surface area contributed by atoms with Gasteiger partial charge < -0.3 is 4.74 Å². The number of aryl methyl sites for hydroxylation is 1. The third kappa shape index (κ3) is 5.31. The van der Waals surface area contributed by atoms with E-state index in [0.717, 1.165) is 5.56 Å².